The van der Waals surface area contributed by atoms with Crippen LogP contribution in [0.3, 0.4) is 0 Å². The summed E-state index contributed by atoms with van der Waals surface area (Å²) in [5.74, 6) is 0. The van der Waals surface area contributed by atoms with Crippen LogP contribution >= 0.6 is 0 Å². The lowest BCUT2D eigenvalue weighted by molar-refractivity contribution is 0.666. The van der Waals surface area contributed by atoms with Gasteiger partial charge in [0.05, 0.1) is 55.3 Å². The van der Waals surface area contributed by atoms with Gasteiger partial charge >= 0.3 is 0 Å². The summed E-state index contributed by atoms with van der Waals surface area (Å²) in [7, 11) is 0. The van der Waals surface area contributed by atoms with Crippen molar-refractivity contribution in [2.24, 2.45) is 0 Å². The number of benzene rings is 12. The monoisotopic (exact) mass is 1060 g/mol. The van der Waals surface area contributed by atoms with Crippen LogP contribution in [0.25, 0.3) is 165 Å². The third-order valence-corrected chi connectivity index (χ3v) is 17.4. The van der Waals surface area contributed by atoms with Crippen LogP contribution in [0.4, 0.5) is 0 Å². The van der Waals surface area contributed by atoms with Crippen LogP contribution in [0, 0.1) is 0 Å². The van der Waals surface area contributed by atoms with Gasteiger partial charge in [-0.2, -0.15) is 0 Å². The van der Waals surface area contributed by atoms with Gasteiger partial charge in [-0.05, 0) is 149 Å². The first-order chi connectivity index (χ1) is 41.2. The van der Waals surface area contributed by atoms with Crippen molar-refractivity contribution in [3.05, 3.63) is 285 Å². The van der Waals surface area contributed by atoms with Gasteiger partial charge in [0.1, 0.15) is 5.58 Å². The van der Waals surface area contributed by atoms with Crippen LogP contribution in [-0.4, -0.2) is 23.3 Å². The lowest BCUT2D eigenvalue weighted by atomic mass is 9.99. The molecule has 6 heterocycles. The standard InChI is InChI=1S/C77H47N5O/c1-4-18-53(19-5-1)79-65-29-13-10-24-57(65)61-42-48(34-38-68(61)79)49-36-40-70-63(44-49)59-26-12-15-31-67(59)82(70)72-32-16-28-60-75-56(27-17-33-74(75)83-77(60)72)52-46-73-76(78-47-52)64-45-51(37-41-71(64)81(73)55-22-8-3-9-23-55)50-35-39-69-62(43-50)58-25-11-14-30-66(58)80(69)54-20-6-2-7-21-54/h1-47H. The van der Waals surface area contributed by atoms with Gasteiger partial charge in [-0.15, -0.1) is 0 Å². The largest absolute Gasteiger partial charge is 0.454 e. The topological polar surface area (TPSA) is 45.8 Å². The molecule has 0 unspecified atom stereocenters. The Hall–Kier alpha value is -11.2. The Morgan fingerprint density at radius 1 is 0.265 bits per heavy atom. The zero-order valence-corrected chi connectivity index (χ0v) is 44.8. The minimum atomic E-state index is 0.828. The first kappa shape index (κ1) is 45.6. The van der Waals surface area contributed by atoms with Crippen molar-refractivity contribution in [1.29, 1.82) is 0 Å². The Balaban J connectivity index is 0.766. The molecule has 18 aromatic rings. The van der Waals surface area contributed by atoms with E-state index >= 15 is 0 Å². The van der Waals surface area contributed by atoms with Crippen LogP contribution in [0.5, 0.6) is 0 Å². The van der Waals surface area contributed by atoms with Crippen LogP contribution in [-0.2, 0) is 0 Å². The van der Waals surface area contributed by atoms with Crippen LogP contribution in [0.2, 0.25) is 0 Å². The fourth-order valence-electron chi connectivity index (χ4n) is 13.7. The number of para-hydroxylation sites is 7. The van der Waals surface area contributed by atoms with E-state index in [-0.39, 0.29) is 0 Å². The van der Waals surface area contributed by atoms with E-state index in [1.807, 2.05) is 0 Å². The SMILES string of the molecule is c1ccc(-n2c3ccccc3c3cc(-c4ccc5c(c4)c4ccccc4n5-c4cccc5c4oc4cccc(-c6cnc7c8cc(-c9ccc%10c(c9)c9ccccc9n%10-c9ccccc9)ccc8n(-c8ccccc8)c7c6)c45)ccc32)cc1. The maximum atomic E-state index is 7.08. The summed E-state index contributed by atoms with van der Waals surface area (Å²) in [6, 6.07) is 101. The van der Waals surface area contributed by atoms with E-state index < -0.39 is 0 Å². The maximum absolute atomic E-state index is 7.08. The molecule has 0 N–H and O–H groups in total. The summed E-state index contributed by atoms with van der Waals surface area (Å²) in [5, 5.41) is 10.5. The average Bonchev–Trinajstić information content (AvgIpc) is 2.63. The number of fused-ring (bicyclic) bond motifs is 15. The number of hydrogen-bond donors (Lipinski definition) is 0. The first-order valence-corrected chi connectivity index (χ1v) is 28.3. The zero-order valence-electron chi connectivity index (χ0n) is 44.8. The van der Waals surface area contributed by atoms with Crippen molar-refractivity contribution in [3.8, 4) is 56.1 Å². The van der Waals surface area contributed by atoms with E-state index in [0.29, 0.717) is 0 Å². The predicted octanol–water partition coefficient (Wildman–Crippen LogP) is 20.4. The molecule has 0 bridgehead atoms. The normalized spacial score (nSPS) is 12.1. The second-order valence-electron chi connectivity index (χ2n) is 21.9. The molecule has 0 saturated heterocycles. The Bertz CT molecular complexity index is 5680. The molecular weight excluding hydrogens is 1010 g/mol. The van der Waals surface area contributed by atoms with Gasteiger partial charge in [0, 0.05) is 77.3 Å². The van der Waals surface area contributed by atoms with Gasteiger partial charge in [0.25, 0.3) is 0 Å². The van der Waals surface area contributed by atoms with Crippen molar-refractivity contribution in [1.82, 2.24) is 23.3 Å². The van der Waals surface area contributed by atoms with Crippen molar-refractivity contribution < 1.29 is 4.42 Å². The Morgan fingerprint density at radius 3 is 1.18 bits per heavy atom. The molecule has 0 radical (unpaired) electrons. The molecule has 83 heavy (non-hydrogen) atoms. The molecule has 0 aliphatic rings. The fourth-order valence-corrected chi connectivity index (χ4v) is 13.7. The molecule has 6 nitrogen and oxygen atoms in total. The zero-order chi connectivity index (χ0) is 54.3. The predicted molar refractivity (Wildman–Crippen MR) is 345 cm³/mol. The summed E-state index contributed by atoms with van der Waals surface area (Å²) in [6.45, 7) is 0. The number of rotatable bonds is 7. The van der Waals surface area contributed by atoms with E-state index in [9.17, 15) is 0 Å². The van der Waals surface area contributed by atoms with E-state index in [1.54, 1.807) is 0 Å². The lowest BCUT2D eigenvalue weighted by Crippen LogP contribution is -1.94. The molecule has 0 saturated carbocycles. The Morgan fingerprint density at radius 2 is 0.663 bits per heavy atom. The highest BCUT2D eigenvalue weighted by Crippen LogP contribution is 2.45. The van der Waals surface area contributed by atoms with Crippen LogP contribution < -0.4 is 0 Å². The minimum Gasteiger partial charge on any atom is -0.454 e. The third kappa shape index (κ3) is 6.75. The second-order valence-corrected chi connectivity index (χ2v) is 21.9. The Labute approximate surface area is 475 Å². The Kier molecular flexibility index (Phi) is 9.70. The number of furan rings is 1. The second kappa shape index (κ2) is 17.6. The van der Waals surface area contributed by atoms with Crippen molar-refractivity contribution in [3.63, 3.8) is 0 Å². The van der Waals surface area contributed by atoms with Crippen molar-refractivity contribution in [2.45, 2.75) is 0 Å². The third-order valence-electron chi connectivity index (χ3n) is 17.4. The smallest absolute Gasteiger partial charge is 0.159 e. The molecule has 386 valence electrons. The van der Waals surface area contributed by atoms with E-state index in [2.05, 4.69) is 304 Å². The van der Waals surface area contributed by atoms with Gasteiger partial charge < -0.3 is 22.7 Å². The quantitative estimate of drug-likeness (QED) is 0.160. The minimum absolute atomic E-state index is 0.828. The molecule has 6 aromatic heterocycles. The van der Waals surface area contributed by atoms with Gasteiger partial charge in [-0.3, -0.25) is 4.98 Å². The number of hydrogen-bond acceptors (Lipinski definition) is 2. The number of aromatic nitrogens is 5. The molecule has 0 aliphatic heterocycles. The summed E-state index contributed by atoms with van der Waals surface area (Å²) < 4.78 is 16.6. The average molecular weight is 1060 g/mol. The lowest BCUT2D eigenvalue weighted by Gasteiger charge is -2.10. The van der Waals surface area contributed by atoms with Crippen LogP contribution in [0.1, 0.15) is 0 Å². The number of nitrogens with zero attached hydrogens (tertiary/aromatic N) is 5. The van der Waals surface area contributed by atoms with E-state index in [0.717, 1.165) is 99.9 Å². The van der Waals surface area contributed by atoms with Gasteiger partial charge in [0.15, 0.2) is 5.58 Å². The molecule has 18 rings (SSSR count). The molecule has 0 atom stereocenters. The maximum Gasteiger partial charge on any atom is 0.159 e. The van der Waals surface area contributed by atoms with E-state index in [4.69, 9.17) is 9.40 Å². The highest BCUT2D eigenvalue weighted by molar-refractivity contribution is 6.18. The first-order valence-electron chi connectivity index (χ1n) is 28.3. The summed E-state index contributed by atoms with van der Waals surface area (Å²) in [4.78, 5) is 5.40. The summed E-state index contributed by atoms with van der Waals surface area (Å²) >= 11 is 0. The van der Waals surface area contributed by atoms with Gasteiger partial charge in [-0.1, -0.05) is 158 Å². The molecule has 0 fully saturated rings. The molecule has 0 amide bonds. The van der Waals surface area contributed by atoms with Crippen molar-refractivity contribution in [2.75, 3.05) is 0 Å². The number of pyridine rings is 1. The highest BCUT2D eigenvalue weighted by atomic mass is 16.3. The summed E-state index contributed by atoms with van der Waals surface area (Å²) in [6.07, 6.45) is 2.05. The van der Waals surface area contributed by atoms with Crippen molar-refractivity contribution >= 4 is 109 Å². The molecule has 0 spiro atoms. The summed E-state index contributed by atoms with van der Waals surface area (Å²) in [5.41, 5.74) is 22.9. The van der Waals surface area contributed by atoms with Crippen LogP contribution in [0.15, 0.2) is 290 Å². The highest BCUT2D eigenvalue weighted by Gasteiger charge is 2.23. The van der Waals surface area contributed by atoms with E-state index in [1.165, 1.54) is 65.5 Å². The molecular formula is C77H47N5O. The molecule has 12 aromatic carbocycles. The van der Waals surface area contributed by atoms with Gasteiger partial charge in [0.2, 0.25) is 0 Å². The molecule has 6 heteroatoms. The van der Waals surface area contributed by atoms with Gasteiger partial charge in [-0.25, -0.2) is 0 Å². The fraction of sp³-hybridized carbons (Fsp3) is 0. The molecule has 0 aliphatic carbocycles.